The Bertz CT molecular complexity index is 527. The number of nitrogens with zero attached hydrogens (tertiary/aromatic N) is 2. The van der Waals surface area contributed by atoms with Gasteiger partial charge in [-0.1, -0.05) is 11.3 Å². The van der Waals surface area contributed by atoms with E-state index >= 15 is 0 Å². The molecular weight excluding hydrogens is 294 g/mol. The second-order valence-corrected chi connectivity index (χ2v) is 5.60. The van der Waals surface area contributed by atoms with Crippen LogP contribution >= 0.6 is 11.3 Å². The van der Waals surface area contributed by atoms with Crippen LogP contribution in [0, 0.1) is 0 Å². The fourth-order valence-electron chi connectivity index (χ4n) is 1.92. The van der Waals surface area contributed by atoms with Crippen LogP contribution < -0.4 is 21.3 Å². The van der Waals surface area contributed by atoms with E-state index in [4.69, 9.17) is 10.5 Å². The highest BCUT2D eigenvalue weighted by atomic mass is 32.1. The number of nitrogens with one attached hydrogen (secondary N) is 2. The zero-order valence-electron chi connectivity index (χ0n) is 12.0. The SMILES string of the molecule is CNC(=O)C(C)NC(=O)c1sc(N2CCOCC2)nc1N. The molecule has 2 amide bonds. The molecule has 1 aliphatic rings. The zero-order valence-corrected chi connectivity index (χ0v) is 12.8. The molecule has 1 saturated heterocycles. The lowest BCUT2D eigenvalue weighted by molar-refractivity contribution is -0.122. The van der Waals surface area contributed by atoms with Gasteiger partial charge in [0.05, 0.1) is 13.2 Å². The highest BCUT2D eigenvalue weighted by molar-refractivity contribution is 7.18. The predicted molar refractivity (Wildman–Crippen MR) is 80.6 cm³/mol. The number of rotatable bonds is 4. The number of aromatic nitrogens is 1. The molecule has 9 heteroatoms. The van der Waals surface area contributed by atoms with Gasteiger partial charge in [0.25, 0.3) is 5.91 Å². The molecule has 8 nitrogen and oxygen atoms in total. The van der Waals surface area contributed by atoms with Crippen molar-refractivity contribution in [1.82, 2.24) is 15.6 Å². The van der Waals surface area contributed by atoms with Gasteiger partial charge in [-0.15, -0.1) is 0 Å². The maximum absolute atomic E-state index is 12.1. The molecule has 0 aromatic carbocycles. The van der Waals surface area contributed by atoms with Crippen molar-refractivity contribution in [1.29, 1.82) is 0 Å². The van der Waals surface area contributed by atoms with Gasteiger partial charge in [0.15, 0.2) is 5.13 Å². The number of likely N-dealkylation sites (N-methyl/N-ethyl adjacent to an activating group) is 1. The molecule has 1 aromatic rings. The third kappa shape index (κ3) is 3.61. The highest BCUT2D eigenvalue weighted by Crippen LogP contribution is 2.28. The zero-order chi connectivity index (χ0) is 15.4. The Morgan fingerprint density at radius 1 is 1.43 bits per heavy atom. The van der Waals surface area contributed by atoms with Crippen LogP contribution in [0.3, 0.4) is 0 Å². The lowest BCUT2D eigenvalue weighted by Gasteiger charge is -2.25. The summed E-state index contributed by atoms with van der Waals surface area (Å²) in [5.41, 5.74) is 5.81. The highest BCUT2D eigenvalue weighted by Gasteiger charge is 2.23. The smallest absolute Gasteiger partial charge is 0.265 e. The first-order chi connectivity index (χ1) is 10.0. The number of nitrogens with two attached hydrogens (primary N) is 1. The van der Waals surface area contributed by atoms with Crippen molar-refractivity contribution in [3.63, 3.8) is 0 Å². The number of thiazole rings is 1. The minimum Gasteiger partial charge on any atom is -0.382 e. The third-order valence-electron chi connectivity index (χ3n) is 3.12. The van der Waals surface area contributed by atoms with Crippen LogP contribution in [-0.2, 0) is 9.53 Å². The number of hydrogen-bond acceptors (Lipinski definition) is 7. The van der Waals surface area contributed by atoms with E-state index in [2.05, 4.69) is 15.6 Å². The second-order valence-electron chi connectivity index (χ2n) is 4.62. The fraction of sp³-hybridized carbons (Fsp3) is 0.583. The van der Waals surface area contributed by atoms with Crippen LogP contribution in [0.2, 0.25) is 0 Å². The van der Waals surface area contributed by atoms with Gasteiger partial charge >= 0.3 is 0 Å². The van der Waals surface area contributed by atoms with Crippen LogP contribution in [0.4, 0.5) is 10.9 Å². The summed E-state index contributed by atoms with van der Waals surface area (Å²) in [4.78, 5) is 30.2. The maximum Gasteiger partial charge on any atom is 0.265 e. The molecule has 2 heterocycles. The monoisotopic (exact) mass is 313 g/mol. The molecule has 21 heavy (non-hydrogen) atoms. The Morgan fingerprint density at radius 2 is 2.10 bits per heavy atom. The molecule has 1 fully saturated rings. The molecule has 0 radical (unpaired) electrons. The standard InChI is InChI=1S/C12H19N5O3S/c1-7(10(18)14-2)15-11(19)8-9(13)16-12(21-8)17-3-5-20-6-4-17/h7H,3-6,13H2,1-2H3,(H,14,18)(H,15,19). The molecule has 0 spiro atoms. The molecule has 0 bridgehead atoms. The van der Waals surface area contributed by atoms with Crippen molar-refractivity contribution >= 4 is 34.1 Å². The van der Waals surface area contributed by atoms with E-state index in [-0.39, 0.29) is 17.6 Å². The van der Waals surface area contributed by atoms with E-state index in [0.29, 0.717) is 23.2 Å². The minimum atomic E-state index is -0.629. The van der Waals surface area contributed by atoms with Gasteiger partial charge in [0.1, 0.15) is 16.7 Å². The average Bonchev–Trinajstić information content (AvgIpc) is 2.89. The molecule has 1 unspecified atom stereocenters. The minimum absolute atomic E-state index is 0.183. The summed E-state index contributed by atoms with van der Waals surface area (Å²) < 4.78 is 5.28. The lowest BCUT2D eigenvalue weighted by atomic mass is 10.3. The Kier molecular flexibility index (Phi) is 4.97. The summed E-state index contributed by atoms with van der Waals surface area (Å²) in [5.74, 6) is -0.469. The molecule has 1 aromatic heterocycles. The summed E-state index contributed by atoms with van der Waals surface area (Å²) in [6.45, 7) is 4.32. The first-order valence-corrected chi connectivity index (χ1v) is 7.46. The van der Waals surface area contributed by atoms with Crippen molar-refractivity contribution < 1.29 is 14.3 Å². The normalized spacial score (nSPS) is 16.4. The van der Waals surface area contributed by atoms with Gasteiger partial charge in [-0.05, 0) is 6.92 Å². The number of hydrogen-bond donors (Lipinski definition) is 3. The fourth-order valence-corrected chi connectivity index (χ4v) is 2.86. The number of ether oxygens (including phenoxy) is 1. The summed E-state index contributed by atoms with van der Waals surface area (Å²) in [5, 5.41) is 5.78. The number of morpholine rings is 1. The van der Waals surface area contributed by atoms with Crippen LogP contribution in [0.25, 0.3) is 0 Å². The number of amides is 2. The van der Waals surface area contributed by atoms with Crippen molar-refractivity contribution in [2.75, 3.05) is 44.0 Å². The van der Waals surface area contributed by atoms with Gasteiger partial charge in [0.2, 0.25) is 5.91 Å². The summed E-state index contributed by atoms with van der Waals surface area (Å²) in [6.07, 6.45) is 0. The first-order valence-electron chi connectivity index (χ1n) is 6.64. The Morgan fingerprint density at radius 3 is 2.71 bits per heavy atom. The third-order valence-corrected chi connectivity index (χ3v) is 4.25. The molecule has 2 rings (SSSR count). The molecule has 116 valence electrons. The van der Waals surface area contributed by atoms with E-state index in [1.54, 1.807) is 6.92 Å². The average molecular weight is 313 g/mol. The van der Waals surface area contributed by atoms with Gasteiger partial charge in [-0.3, -0.25) is 9.59 Å². The van der Waals surface area contributed by atoms with Crippen molar-refractivity contribution in [3.05, 3.63) is 4.88 Å². The summed E-state index contributed by atoms with van der Waals surface area (Å²) in [7, 11) is 1.52. The molecule has 1 aliphatic heterocycles. The van der Waals surface area contributed by atoms with E-state index in [1.807, 2.05) is 4.90 Å². The quantitative estimate of drug-likeness (QED) is 0.686. The number of anilines is 2. The van der Waals surface area contributed by atoms with Crippen LogP contribution in [0.5, 0.6) is 0 Å². The van der Waals surface area contributed by atoms with E-state index < -0.39 is 6.04 Å². The van der Waals surface area contributed by atoms with E-state index in [9.17, 15) is 9.59 Å². The number of nitrogen functional groups attached to an aromatic ring is 1. The second kappa shape index (κ2) is 6.72. The molecule has 0 saturated carbocycles. The first kappa shape index (κ1) is 15.5. The predicted octanol–water partition coefficient (Wildman–Crippen LogP) is -0.574. The molecule has 4 N–H and O–H groups in total. The van der Waals surface area contributed by atoms with Crippen molar-refractivity contribution in [2.45, 2.75) is 13.0 Å². The maximum atomic E-state index is 12.1. The van der Waals surface area contributed by atoms with Gasteiger partial charge < -0.3 is 26.0 Å². The molecular formula is C12H19N5O3S. The van der Waals surface area contributed by atoms with Crippen LogP contribution in [-0.4, -0.2) is 56.2 Å². The lowest BCUT2D eigenvalue weighted by Crippen LogP contribution is -2.43. The Hall–Kier alpha value is -1.87. The van der Waals surface area contributed by atoms with Gasteiger partial charge in [-0.25, -0.2) is 4.98 Å². The molecule has 0 aliphatic carbocycles. The number of carbonyl (C=O) groups is 2. The van der Waals surface area contributed by atoms with Gasteiger partial charge in [0, 0.05) is 20.1 Å². The van der Waals surface area contributed by atoms with E-state index in [1.165, 1.54) is 18.4 Å². The number of carbonyl (C=O) groups excluding carboxylic acids is 2. The summed E-state index contributed by atoms with van der Waals surface area (Å²) >= 11 is 1.23. The van der Waals surface area contributed by atoms with E-state index in [0.717, 1.165) is 13.1 Å². The summed E-state index contributed by atoms with van der Waals surface area (Å²) in [6, 6.07) is -0.629. The Balaban J connectivity index is 2.07. The van der Waals surface area contributed by atoms with Crippen molar-refractivity contribution in [2.24, 2.45) is 0 Å². The van der Waals surface area contributed by atoms with Crippen molar-refractivity contribution in [3.8, 4) is 0 Å². The van der Waals surface area contributed by atoms with Gasteiger partial charge in [-0.2, -0.15) is 0 Å². The topological polar surface area (TPSA) is 110 Å². The van der Waals surface area contributed by atoms with Crippen LogP contribution in [0.15, 0.2) is 0 Å². The largest absolute Gasteiger partial charge is 0.382 e. The Labute approximate surface area is 126 Å². The molecule has 1 atom stereocenters. The van der Waals surface area contributed by atoms with Crippen LogP contribution in [0.1, 0.15) is 16.6 Å².